The van der Waals surface area contributed by atoms with Crippen LogP contribution in [-0.2, 0) is 14.3 Å². The van der Waals surface area contributed by atoms with E-state index in [2.05, 4.69) is 5.32 Å². The second kappa shape index (κ2) is 10.4. The van der Waals surface area contributed by atoms with Crippen molar-refractivity contribution in [3.05, 3.63) is 53.1 Å². The minimum atomic E-state index is -0.991. The second-order valence-corrected chi connectivity index (χ2v) is 6.29. The molecule has 0 saturated carbocycles. The van der Waals surface area contributed by atoms with E-state index < -0.39 is 18.0 Å². The Bertz CT molecular complexity index is 895. The van der Waals surface area contributed by atoms with Gasteiger partial charge in [-0.25, -0.2) is 4.79 Å². The lowest BCUT2D eigenvalue weighted by Crippen LogP contribution is -2.29. The number of amides is 1. The third kappa shape index (κ3) is 6.15. The maximum Gasteiger partial charge on any atom is 0.331 e. The van der Waals surface area contributed by atoms with Crippen LogP contribution in [0.15, 0.2) is 42.5 Å². The molecule has 2 aromatic carbocycles. The summed E-state index contributed by atoms with van der Waals surface area (Å²) in [6, 6.07) is 9.90. The zero-order valence-corrected chi connectivity index (χ0v) is 17.3. The number of halogens is 1. The Hall–Kier alpha value is -3.19. The maximum atomic E-state index is 12.2. The van der Waals surface area contributed by atoms with Crippen LogP contribution in [0.5, 0.6) is 17.2 Å². The number of carbonyl (C=O) groups is 2. The van der Waals surface area contributed by atoms with Crippen LogP contribution in [0.3, 0.4) is 0 Å². The fourth-order valence-electron chi connectivity index (χ4n) is 2.39. The molecule has 0 bridgehead atoms. The Kier molecular flexibility index (Phi) is 7.91. The molecule has 0 fully saturated rings. The highest BCUT2D eigenvalue weighted by Gasteiger charge is 2.17. The summed E-state index contributed by atoms with van der Waals surface area (Å²) < 4.78 is 20.9. The average Bonchev–Trinajstić information content (AvgIpc) is 2.72. The van der Waals surface area contributed by atoms with Crippen molar-refractivity contribution < 1.29 is 28.5 Å². The summed E-state index contributed by atoms with van der Waals surface area (Å²) in [5.41, 5.74) is 1.13. The molecule has 2 rings (SSSR count). The Morgan fingerprint density at radius 2 is 1.55 bits per heavy atom. The molecule has 0 saturated heterocycles. The molecule has 1 atom stereocenters. The molecule has 1 amide bonds. The van der Waals surface area contributed by atoms with Crippen LogP contribution in [0, 0.1) is 0 Å². The highest BCUT2D eigenvalue weighted by Crippen LogP contribution is 2.35. The SMILES string of the molecule is COc1cc(OC)c(OC)cc1/C=C/C(=O)OC(C)C(=O)Nc1ccc(Cl)cc1. The van der Waals surface area contributed by atoms with Crippen molar-refractivity contribution in [1.29, 1.82) is 0 Å². The zero-order chi connectivity index (χ0) is 21.4. The number of hydrogen-bond acceptors (Lipinski definition) is 6. The summed E-state index contributed by atoms with van der Waals surface area (Å²) in [7, 11) is 4.52. The van der Waals surface area contributed by atoms with Gasteiger partial charge in [-0.3, -0.25) is 4.79 Å². The lowest BCUT2D eigenvalue weighted by molar-refractivity contribution is -0.148. The molecule has 7 nitrogen and oxygen atoms in total. The van der Waals surface area contributed by atoms with E-state index in [0.717, 1.165) is 0 Å². The summed E-state index contributed by atoms with van der Waals surface area (Å²) >= 11 is 5.81. The van der Waals surface area contributed by atoms with Crippen LogP contribution in [0.1, 0.15) is 12.5 Å². The molecule has 0 heterocycles. The van der Waals surface area contributed by atoms with E-state index in [4.69, 9.17) is 30.5 Å². The van der Waals surface area contributed by atoms with E-state index in [1.807, 2.05) is 0 Å². The van der Waals surface area contributed by atoms with Gasteiger partial charge in [-0.2, -0.15) is 0 Å². The van der Waals surface area contributed by atoms with Gasteiger partial charge in [0.25, 0.3) is 5.91 Å². The standard InChI is InChI=1S/C21H22ClNO6/c1-13(21(25)23-16-8-6-15(22)7-9-16)29-20(24)10-5-14-11-18(27-3)19(28-4)12-17(14)26-2/h5-13H,1-4H3,(H,23,25)/b10-5+. The smallest absolute Gasteiger partial charge is 0.331 e. The summed E-state index contributed by atoms with van der Waals surface area (Å²) in [6.45, 7) is 1.48. The fraction of sp³-hybridized carbons (Fsp3) is 0.238. The highest BCUT2D eigenvalue weighted by atomic mass is 35.5. The minimum absolute atomic E-state index is 0.460. The molecule has 0 aliphatic heterocycles. The third-order valence-corrected chi connectivity index (χ3v) is 4.16. The fourth-order valence-corrected chi connectivity index (χ4v) is 2.51. The van der Waals surface area contributed by atoms with Crippen molar-refractivity contribution in [2.45, 2.75) is 13.0 Å². The first-order valence-electron chi connectivity index (χ1n) is 8.63. The number of anilines is 1. The molecular weight excluding hydrogens is 398 g/mol. The molecule has 2 aromatic rings. The van der Waals surface area contributed by atoms with Gasteiger partial charge in [-0.15, -0.1) is 0 Å². The van der Waals surface area contributed by atoms with Crippen molar-refractivity contribution in [3.63, 3.8) is 0 Å². The lowest BCUT2D eigenvalue weighted by Gasteiger charge is -2.13. The van der Waals surface area contributed by atoms with Crippen molar-refractivity contribution in [3.8, 4) is 17.2 Å². The number of rotatable bonds is 8. The van der Waals surface area contributed by atoms with Crippen LogP contribution >= 0.6 is 11.6 Å². The maximum absolute atomic E-state index is 12.2. The van der Waals surface area contributed by atoms with Crippen LogP contribution in [0.25, 0.3) is 6.08 Å². The van der Waals surface area contributed by atoms with Crippen LogP contribution < -0.4 is 19.5 Å². The summed E-state index contributed by atoms with van der Waals surface area (Å²) in [6.07, 6.45) is 1.72. The zero-order valence-electron chi connectivity index (χ0n) is 16.5. The monoisotopic (exact) mass is 419 g/mol. The van der Waals surface area contributed by atoms with Gasteiger partial charge in [0.2, 0.25) is 0 Å². The largest absolute Gasteiger partial charge is 0.496 e. The van der Waals surface area contributed by atoms with E-state index >= 15 is 0 Å². The summed E-state index contributed by atoms with van der Waals surface area (Å²) in [5, 5.41) is 3.20. The number of nitrogens with one attached hydrogen (secondary N) is 1. The Morgan fingerprint density at radius 3 is 2.14 bits per heavy atom. The van der Waals surface area contributed by atoms with Crippen molar-refractivity contribution in [2.24, 2.45) is 0 Å². The molecule has 0 aliphatic rings. The Balaban J connectivity index is 2.03. The molecule has 8 heteroatoms. The second-order valence-electron chi connectivity index (χ2n) is 5.86. The highest BCUT2D eigenvalue weighted by molar-refractivity contribution is 6.30. The first-order valence-corrected chi connectivity index (χ1v) is 9.00. The summed E-state index contributed by atoms with van der Waals surface area (Å²) in [5.74, 6) is 0.326. The summed E-state index contributed by atoms with van der Waals surface area (Å²) in [4.78, 5) is 24.3. The van der Waals surface area contributed by atoms with Gasteiger partial charge in [0.05, 0.1) is 21.3 Å². The molecular formula is C21H22ClNO6. The van der Waals surface area contributed by atoms with Crippen LogP contribution in [0.2, 0.25) is 5.02 Å². The van der Waals surface area contributed by atoms with Crippen molar-refractivity contribution in [2.75, 3.05) is 26.6 Å². The van der Waals surface area contributed by atoms with Gasteiger partial charge in [0.15, 0.2) is 17.6 Å². The Labute approximate surface area is 174 Å². The topological polar surface area (TPSA) is 83.1 Å². The number of hydrogen-bond donors (Lipinski definition) is 1. The number of carbonyl (C=O) groups excluding carboxylic acids is 2. The molecule has 1 unspecified atom stereocenters. The molecule has 1 N–H and O–H groups in total. The van der Waals surface area contributed by atoms with E-state index in [1.54, 1.807) is 36.4 Å². The van der Waals surface area contributed by atoms with Gasteiger partial charge >= 0.3 is 5.97 Å². The Morgan fingerprint density at radius 1 is 0.966 bits per heavy atom. The normalized spacial score (nSPS) is 11.6. The minimum Gasteiger partial charge on any atom is -0.496 e. The van der Waals surface area contributed by atoms with E-state index in [-0.39, 0.29) is 0 Å². The van der Waals surface area contributed by atoms with E-state index in [9.17, 15) is 9.59 Å². The van der Waals surface area contributed by atoms with Crippen LogP contribution in [0.4, 0.5) is 5.69 Å². The van der Waals surface area contributed by atoms with Crippen molar-refractivity contribution in [1.82, 2.24) is 0 Å². The first kappa shape index (κ1) is 22.1. The van der Waals surface area contributed by atoms with E-state index in [1.165, 1.54) is 40.4 Å². The van der Waals surface area contributed by atoms with E-state index in [0.29, 0.717) is 33.5 Å². The quantitative estimate of drug-likeness (QED) is 0.515. The lowest BCUT2D eigenvalue weighted by atomic mass is 10.1. The molecule has 0 spiro atoms. The number of methoxy groups -OCH3 is 3. The predicted molar refractivity (Wildman–Crippen MR) is 111 cm³/mol. The molecule has 154 valence electrons. The first-order chi connectivity index (χ1) is 13.9. The van der Waals surface area contributed by atoms with Gasteiger partial charge in [0.1, 0.15) is 5.75 Å². The van der Waals surface area contributed by atoms with Gasteiger partial charge in [0, 0.05) is 28.4 Å². The molecule has 0 radical (unpaired) electrons. The van der Waals surface area contributed by atoms with Crippen LogP contribution in [-0.4, -0.2) is 39.3 Å². The number of ether oxygens (including phenoxy) is 4. The number of benzene rings is 2. The third-order valence-electron chi connectivity index (χ3n) is 3.91. The number of esters is 1. The predicted octanol–water partition coefficient (Wildman–Crippen LogP) is 3.95. The average molecular weight is 420 g/mol. The van der Waals surface area contributed by atoms with Gasteiger partial charge in [-0.1, -0.05) is 11.6 Å². The molecule has 0 aliphatic carbocycles. The van der Waals surface area contributed by atoms with Gasteiger partial charge in [-0.05, 0) is 43.3 Å². The van der Waals surface area contributed by atoms with Gasteiger partial charge < -0.3 is 24.3 Å². The molecule has 29 heavy (non-hydrogen) atoms. The van der Waals surface area contributed by atoms with Crippen molar-refractivity contribution >= 4 is 35.2 Å². The molecule has 0 aromatic heterocycles.